The lowest BCUT2D eigenvalue weighted by atomic mass is 10.2. The van der Waals surface area contributed by atoms with Crippen LogP contribution in [0.15, 0.2) is 35.3 Å². The number of likely N-dealkylation sites (tertiary alicyclic amines) is 1. The van der Waals surface area contributed by atoms with E-state index in [-0.39, 0.29) is 12.3 Å². The zero-order valence-corrected chi connectivity index (χ0v) is 15.7. The summed E-state index contributed by atoms with van der Waals surface area (Å²) >= 11 is 3.44. The van der Waals surface area contributed by atoms with Crippen LogP contribution >= 0.6 is 15.9 Å². The first-order chi connectivity index (χ1) is 11.3. The van der Waals surface area contributed by atoms with E-state index < -0.39 is 5.60 Å². The van der Waals surface area contributed by atoms with Crippen LogP contribution in [-0.2, 0) is 4.74 Å². The van der Waals surface area contributed by atoms with Crippen LogP contribution in [0.5, 0.6) is 0 Å². The fraction of sp³-hybridized carbons (Fsp3) is 0.471. The van der Waals surface area contributed by atoms with Gasteiger partial charge in [-0.2, -0.15) is 0 Å². The van der Waals surface area contributed by atoms with Gasteiger partial charge in [0.2, 0.25) is 0 Å². The van der Waals surface area contributed by atoms with Gasteiger partial charge in [-0.25, -0.2) is 9.78 Å². The van der Waals surface area contributed by atoms with Crippen molar-refractivity contribution in [3.63, 3.8) is 0 Å². The third-order valence-corrected chi connectivity index (χ3v) is 4.27. The molecule has 6 nitrogen and oxygen atoms in total. The van der Waals surface area contributed by atoms with Gasteiger partial charge in [-0.15, -0.1) is 0 Å². The molecular formula is C17H21BrN4O2. The second kappa shape index (κ2) is 6.55. The maximum atomic E-state index is 12.4. The summed E-state index contributed by atoms with van der Waals surface area (Å²) in [7, 11) is 0. The topological polar surface area (TPSA) is 60.2 Å². The number of amides is 1. The molecule has 0 bridgehead atoms. The van der Waals surface area contributed by atoms with E-state index in [1.54, 1.807) is 17.4 Å². The summed E-state index contributed by atoms with van der Waals surface area (Å²) in [6, 6.07) is 3.80. The first kappa shape index (κ1) is 17.0. The summed E-state index contributed by atoms with van der Waals surface area (Å²) in [6.07, 6.45) is 6.93. The molecule has 1 aliphatic heterocycles. The van der Waals surface area contributed by atoms with Gasteiger partial charge in [-0.05, 0) is 45.7 Å². The molecule has 2 aromatic heterocycles. The Bertz CT molecular complexity index is 738. The van der Waals surface area contributed by atoms with Crippen LogP contribution in [-0.4, -0.2) is 37.7 Å². The van der Waals surface area contributed by atoms with E-state index in [9.17, 15) is 4.79 Å². The summed E-state index contributed by atoms with van der Waals surface area (Å²) in [5, 5.41) is 0. The van der Waals surface area contributed by atoms with Crippen LogP contribution in [0.2, 0.25) is 0 Å². The number of ether oxygens (including phenoxy) is 1. The van der Waals surface area contributed by atoms with Gasteiger partial charge in [0, 0.05) is 23.4 Å². The highest BCUT2D eigenvalue weighted by Crippen LogP contribution is 2.30. The molecule has 0 saturated carbocycles. The highest BCUT2D eigenvalue weighted by atomic mass is 79.9. The summed E-state index contributed by atoms with van der Waals surface area (Å²) in [5.74, 6) is 0. The summed E-state index contributed by atoms with van der Waals surface area (Å²) < 4.78 is 8.44. The summed E-state index contributed by atoms with van der Waals surface area (Å²) in [4.78, 5) is 23.0. The largest absolute Gasteiger partial charge is 0.444 e. The molecule has 2 aromatic rings. The molecular weight excluding hydrogens is 372 g/mol. The maximum absolute atomic E-state index is 12.4. The Morgan fingerprint density at radius 2 is 2.12 bits per heavy atom. The van der Waals surface area contributed by atoms with Gasteiger partial charge in [0.1, 0.15) is 17.5 Å². The Hall–Kier alpha value is -1.89. The van der Waals surface area contributed by atoms with E-state index in [4.69, 9.17) is 4.74 Å². The van der Waals surface area contributed by atoms with Gasteiger partial charge in [0.25, 0.3) is 0 Å². The van der Waals surface area contributed by atoms with Crippen LogP contribution in [0, 0.1) is 0 Å². The lowest BCUT2D eigenvalue weighted by Crippen LogP contribution is -2.37. The molecule has 128 valence electrons. The van der Waals surface area contributed by atoms with Gasteiger partial charge in [-0.3, -0.25) is 9.88 Å². The fourth-order valence-electron chi connectivity index (χ4n) is 2.77. The number of hydrogen-bond acceptors (Lipinski definition) is 4. The average molecular weight is 393 g/mol. The van der Waals surface area contributed by atoms with E-state index >= 15 is 0 Å². The molecule has 0 radical (unpaired) electrons. The Kier molecular flexibility index (Phi) is 4.62. The Labute approximate surface area is 150 Å². The molecule has 0 aromatic carbocycles. The van der Waals surface area contributed by atoms with Crippen LogP contribution in [0.4, 0.5) is 4.79 Å². The number of hydrogen-bond donors (Lipinski definition) is 0. The Morgan fingerprint density at radius 3 is 2.83 bits per heavy atom. The zero-order valence-electron chi connectivity index (χ0n) is 14.1. The molecule has 3 rings (SSSR count). The molecule has 3 heterocycles. The molecule has 1 aliphatic rings. The van der Waals surface area contributed by atoms with Crippen molar-refractivity contribution in [2.45, 2.75) is 45.4 Å². The number of rotatable bonds is 2. The normalized spacial score (nSPS) is 18.0. The Morgan fingerprint density at radius 1 is 1.33 bits per heavy atom. The second-order valence-corrected chi connectivity index (χ2v) is 7.78. The smallest absolute Gasteiger partial charge is 0.411 e. The molecule has 0 N–H and O–H groups in total. The third-order valence-electron chi connectivity index (χ3n) is 3.78. The van der Waals surface area contributed by atoms with E-state index in [0.29, 0.717) is 6.54 Å². The van der Waals surface area contributed by atoms with Crippen molar-refractivity contribution in [2.24, 2.45) is 0 Å². The van der Waals surface area contributed by atoms with Crippen molar-refractivity contribution in [1.29, 1.82) is 0 Å². The summed E-state index contributed by atoms with van der Waals surface area (Å²) in [5.41, 5.74) is 1.09. The second-order valence-electron chi connectivity index (χ2n) is 6.86. The first-order valence-corrected chi connectivity index (χ1v) is 8.78. The first-order valence-electron chi connectivity index (χ1n) is 7.98. The lowest BCUT2D eigenvalue weighted by Gasteiger charge is -2.29. The minimum atomic E-state index is -0.495. The fourth-order valence-corrected chi connectivity index (χ4v) is 3.10. The molecule has 0 spiro atoms. The van der Waals surface area contributed by atoms with Crippen LogP contribution < -0.4 is 0 Å². The lowest BCUT2D eigenvalue weighted by molar-refractivity contribution is 0.0163. The van der Waals surface area contributed by atoms with Gasteiger partial charge >= 0.3 is 6.09 Å². The number of nitrogens with zero attached hydrogens (tertiary/aromatic N) is 4. The van der Waals surface area contributed by atoms with Crippen molar-refractivity contribution in [3.05, 3.63) is 35.3 Å². The minimum absolute atomic E-state index is 0.0618. The van der Waals surface area contributed by atoms with E-state index in [2.05, 4.69) is 25.9 Å². The van der Waals surface area contributed by atoms with Crippen molar-refractivity contribution < 1.29 is 9.53 Å². The predicted molar refractivity (Wildman–Crippen MR) is 94.4 cm³/mol. The average Bonchev–Trinajstić information content (AvgIpc) is 3.14. The number of imidazole rings is 1. The quantitative estimate of drug-likeness (QED) is 0.766. The molecule has 0 aliphatic carbocycles. The maximum Gasteiger partial charge on any atom is 0.411 e. The van der Waals surface area contributed by atoms with Crippen LogP contribution in [0.3, 0.4) is 0 Å². The van der Waals surface area contributed by atoms with Gasteiger partial charge < -0.3 is 9.30 Å². The number of halogens is 1. The number of carbonyl (C=O) groups excluding carboxylic acids is 1. The van der Waals surface area contributed by atoms with Gasteiger partial charge in [0.15, 0.2) is 0 Å². The van der Waals surface area contributed by atoms with Crippen molar-refractivity contribution >= 4 is 22.0 Å². The monoisotopic (exact) mass is 392 g/mol. The van der Waals surface area contributed by atoms with E-state index in [0.717, 1.165) is 28.7 Å². The predicted octanol–water partition coefficient (Wildman–Crippen LogP) is 4.24. The zero-order chi connectivity index (χ0) is 17.3. The van der Waals surface area contributed by atoms with E-state index in [1.165, 1.54) is 0 Å². The molecule has 1 atom stereocenters. The van der Waals surface area contributed by atoms with Gasteiger partial charge in [0.05, 0.1) is 12.0 Å². The highest BCUT2D eigenvalue weighted by Gasteiger charge is 2.33. The third kappa shape index (κ3) is 3.77. The molecule has 7 heteroatoms. The number of aromatic nitrogens is 3. The van der Waals surface area contributed by atoms with Crippen molar-refractivity contribution in [3.8, 4) is 11.4 Å². The standard InChI is InChI=1S/C17H21BrN4O2/c1-17(2,3)24-16(23)22-8-4-5-15(22)21-10-14(20-11-21)13-9-12(18)6-7-19-13/h6-7,9-11,15H,4-5,8H2,1-3H3/t15-/m0/s1. The van der Waals surface area contributed by atoms with Crippen LogP contribution in [0.1, 0.15) is 39.8 Å². The van der Waals surface area contributed by atoms with Gasteiger partial charge in [-0.1, -0.05) is 15.9 Å². The molecule has 1 amide bonds. The van der Waals surface area contributed by atoms with Crippen LogP contribution in [0.25, 0.3) is 11.4 Å². The van der Waals surface area contributed by atoms with E-state index in [1.807, 2.05) is 43.7 Å². The number of pyridine rings is 1. The summed E-state index contributed by atoms with van der Waals surface area (Å²) in [6.45, 7) is 6.33. The number of carbonyl (C=O) groups is 1. The SMILES string of the molecule is CC(C)(C)OC(=O)N1CCC[C@H]1n1cnc(-c2cc(Br)ccn2)c1. The molecule has 0 unspecified atom stereocenters. The molecule has 24 heavy (non-hydrogen) atoms. The highest BCUT2D eigenvalue weighted by molar-refractivity contribution is 9.10. The molecule has 1 fully saturated rings. The van der Waals surface area contributed by atoms with Crippen molar-refractivity contribution in [2.75, 3.05) is 6.54 Å². The van der Waals surface area contributed by atoms with Crippen molar-refractivity contribution in [1.82, 2.24) is 19.4 Å². The minimum Gasteiger partial charge on any atom is -0.444 e. The Balaban J connectivity index is 1.80. The molecule has 1 saturated heterocycles.